The number of aromatic nitrogens is 2. The molecular formula is C12H15N3O2S. The fourth-order valence-corrected chi connectivity index (χ4v) is 2.62. The molecular weight excluding hydrogens is 250 g/mol. The molecule has 0 atom stereocenters. The van der Waals surface area contributed by atoms with E-state index < -0.39 is 0 Å². The Morgan fingerprint density at radius 2 is 2.33 bits per heavy atom. The summed E-state index contributed by atoms with van der Waals surface area (Å²) >= 11 is 1.60. The second kappa shape index (κ2) is 5.60. The largest absolute Gasteiger partial charge is 0.368 e. The summed E-state index contributed by atoms with van der Waals surface area (Å²) in [5.41, 5.74) is 0. The first kappa shape index (κ1) is 11.8. The summed E-state index contributed by atoms with van der Waals surface area (Å²) in [6, 6.07) is 3.95. The third kappa shape index (κ3) is 2.77. The summed E-state index contributed by atoms with van der Waals surface area (Å²) in [4.78, 5) is 5.35. The first-order chi connectivity index (χ1) is 8.92. The average molecular weight is 265 g/mol. The molecule has 6 heteroatoms. The second-order valence-electron chi connectivity index (χ2n) is 4.25. The Morgan fingerprint density at radius 1 is 1.44 bits per heavy atom. The van der Waals surface area contributed by atoms with E-state index in [2.05, 4.69) is 15.5 Å². The molecule has 1 aliphatic heterocycles. The molecule has 1 fully saturated rings. The smallest absolute Gasteiger partial charge is 0.252 e. The van der Waals surface area contributed by atoms with Gasteiger partial charge in [-0.3, -0.25) is 0 Å². The van der Waals surface area contributed by atoms with Gasteiger partial charge < -0.3 is 14.6 Å². The van der Waals surface area contributed by atoms with E-state index in [1.807, 2.05) is 17.5 Å². The van der Waals surface area contributed by atoms with Crippen LogP contribution in [0.3, 0.4) is 0 Å². The summed E-state index contributed by atoms with van der Waals surface area (Å²) in [5, 5.41) is 9.26. The molecule has 5 nitrogen and oxygen atoms in total. The van der Waals surface area contributed by atoms with Crippen molar-refractivity contribution >= 4 is 11.3 Å². The summed E-state index contributed by atoms with van der Waals surface area (Å²) < 4.78 is 11.0. The molecule has 0 saturated carbocycles. The van der Waals surface area contributed by atoms with Crippen molar-refractivity contribution in [2.24, 2.45) is 0 Å². The molecule has 0 aromatic carbocycles. The van der Waals surface area contributed by atoms with Crippen LogP contribution >= 0.6 is 11.3 Å². The van der Waals surface area contributed by atoms with E-state index in [0.29, 0.717) is 24.4 Å². The number of hydrogen-bond donors (Lipinski definition) is 1. The van der Waals surface area contributed by atoms with E-state index in [1.54, 1.807) is 11.3 Å². The zero-order valence-corrected chi connectivity index (χ0v) is 10.8. The van der Waals surface area contributed by atoms with Crippen molar-refractivity contribution in [3.05, 3.63) is 23.4 Å². The lowest BCUT2D eigenvalue weighted by Crippen LogP contribution is -2.32. The molecule has 1 aliphatic rings. The van der Waals surface area contributed by atoms with Gasteiger partial charge in [0.2, 0.25) is 5.82 Å². The molecule has 3 rings (SSSR count). The van der Waals surface area contributed by atoms with Crippen LogP contribution in [0.25, 0.3) is 10.7 Å². The number of thiophene rings is 1. The van der Waals surface area contributed by atoms with Crippen LogP contribution in [-0.4, -0.2) is 29.3 Å². The fraction of sp³-hybridized carbons (Fsp3) is 0.500. The van der Waals surface area contributed by atoms with Gasteiger partial charge in [0.15, 0.2) is 0 Å². The van der Waals surface area contributed by atoms with Crippen LogP contribution in [0.4, 0.5) is 0 Å². The van der Waals surface area contributed by atoms with Gasteiger partial charge in [0.25, 0.3) is 5.89 Å². The van der Waals surface area contributed by atoms with Gasteiger partial charge >= 0.3 is 0 Å². The van der Waals surface area contributed by atoms with Gasteiger partial charge in [0.05, 0.1) is 11.0 Å². The SMILES string of the molecule is c1csc(-c2noc(COC3CCNCC3)n2)c1. The van der Waals surface area contributed by atoms with Crippen LogP contribution in [0.1, 0.15) is 18.7 Å². The highest BCUT2D eigenvalue weighted by molar-refractivity contribution is 7.13. The Bertz CT molecular complexity index is 477. The van der Waals surface area contributed by atoms with Crippen molar-refractivity contribution < 1.29 is 9.26 Å². The van der Waals surface area contributed by atoms with Gasteiger partial charge in [-0.2, -0.15) is 4.98 Å². The normalized spacial score (nSPS) is 17.1. The number of rotatable bonds is 4. The van der Waals surface area contributed by atoms with E-state index in [9.17, 15) is 0 Å². The summed E-state index contributed by atoms with van der Waals surface area (Å²) in [5.74, 6) is 1.20. The number of nitrogens with zero attached hydrogens (tertiary/aromatic N) is 2. The number of piperidine rings is 1. The van der Waals surface area contributed by atoms with E-state index in [-0.39, 0.29) is 0 Å². The van der Waals surface area contributed by atoms with Gasteiger partial charge in [0, 0.05) is 0 Å². The summed E-state index contributed by atoms with van der Waals surface area (Å²) in [7, 11) is 0. The number of nitrogens with one attached hydrogen (secondary N) is 1. The molecule has 1 saturated heterocycles. The highest BCUT2D eigenvalue weighted by Crippen LogP contribution is 2.21. The zero-order valence-electron chi connectivity index (χ0n) is 9.96. The van der Waals surface area contributed by atoms with E-state index in [0.717, 1.165) is 30.8 Å². The maximum Gasteiger partial charge on any atom is 0.252 e. The first-order valence-corrected chi connectivity index (χ1v) is 6.98. The van der Waals surface area contributed by atoms with Crippen LogP contribution < -0.4 is 5.32 Å². The Balaban J connectivity index is 1.57. The van der Waals surface area contributed by atoms with Gasteiger partial charge in [-0.1, -0.05) is 11.2 Å². The van der Waals surface area contributed by atoms with E-state index >= 15 is 0 Å². The Labute approximate surface area is 109 Å². The summed E-state index contributed by atoms with van der Waals surface area (Å²) in [6.45, 7) is 2.45. The minimum absolute atomic E-state index is 0.309. The number of ether oxygens (including phenoxy) is 1. The van der Waals surface area contributed by atoms with Crippen molar-refractivity contribution in [3.8, 4) is 10.7 Å². The lowest BCUT2D eigenvalue weighted by Gasteiger charge is -2.21. The predicted octanol–water partition coefficient (Wildman–Crippen LogP) is 2.07. The fourth-order valence-electron chi connectivity index (χ4n) is 1.97. The molecule has 0 aliphatic carbocycles. The highest BCUT2D eigenvalue weighted by atomic mass is 32.1. The minimum Gasteiger partial charge on any atom is -0.368 e. The first-order valence-electron chi connectivity index (χ1n) is 6.10. The van der Waals surface area contributed by atoms with Crippen LogP contribution in [0.2, 0.25) is 0 Å². The standard InChI is InChI=1S/C12H15N3O2S/c1-2-10(18-7-1)12-14-11(17-15-12)8-16-9-3-5-13-6-4-9/h1-2,7,9,13H,3-6,8H2. The highest BCUT2D eigenvalue weighted by Gasteiger charge is 2.15. The molecule has 3 heterocycles. The predicted molar refractivity (Wildman–Crippen MR) is 68.3 cm³/mol. The molecule has 2 aromatic heterocycles. The van der Waals surface area contributed by atoms with Crippen molar-refractivity contribution in [1.82, 2.24) is 15.5 Å². The van der Waals surface area contributed by atoms with Crippen LogP contribution in [0, 0.1) is 0 Å². The lowest BCUT2D eigenvalue weighted by molar-refractivity contribution is 0.00859. The van der Waals surface area contributed by atoms with Gasteiger partial charge in [0.1, 0.15) is 6.61 Å². The molecule has 96 valence electrons. The Hall–Kier alpha value is -1.24. The minimum atomic E-state index is 0.309. The monoisotopic (exact) mass is 265 g/mol. The van der Waals surface area contributed by atoms with Gasteiger partial charge in [-0.15, -0.1) is 11.3 Å². The summed E-state index contributed by atoms with van der Waals surface area (Å²) in [6.07, 6.45) is 2.40. The maximum atomic E-state index is 5.77. The Morgan fingerprint density at radius 3 is 3.11 bits per heavy atom. The average Bonchev–Trinajstić information content (AvgIpc) is 3.08. The maximum absolute atomic E-state index is 5.77. The second-order valence-corrected chi connectivity index (χ2v) is 5.20. The van der Waals surface area contributed by atoms with Gasteiger partial charge in [-0.25, -0.2) is 0 Å². The lowest BCUT2D eigenvalue weighted by atomic mass is 10.1. The quantitative estimate of drug-likeness (QED) is 0.917. The van der Waals surface area contributed by atoms with Crippen molar-refractivity contribution in [2.75, 3.05) is 13.1 Å². The third-order valence-corrected chi connectivity index (χ3v) is 3.80. The van der Waals surface area contributed by atoms with Crippen LogP contribution in [0.5, 0.6) is 0 Å². The molecule has 0 unspecified atom stereocenters. The number of hydrogen-bond acceptors (Lipinski definition) is 6. The zero-order chi connectivity index (χ0) is 12.2. The van der Waals surface area contributed by atoms with E-state index in [4.69, 9.17) is 9.26 Å². The molecule has 18 heavy (non-hydrogen) atoms. The molecule has 0 bridgehead atoms. The van der Waals surface area contributed by atoms with Crippen molar-refractivity contribution in [2.45, 2.75) is 25.6 Å². The van der Waals surface area contributed by atoms with Crippen molar-refractivity contribution in [1.29, 1.82) is 0 Å². The molecule has 0 amide bonds. The Kier molecular flexibility index (Phi) is 3.68. The van der Waals surface area contributed by atoms with Crippen LogP contribution in [-0.2, 0) is 11.3 Å². The molecule has 1 N–H and O–H groups in total. The third-order valence-electron chi connectivity index (χ3n) is 2.94. The molecule has 2 aromatic rings. The van der Waals surface area contributed by atoms with Gasteiger partial charge in [-0.05, 0) is 37.4 Å². The van der Waals surface area contributed by atoms with Crippen molar-refractivity contribution in [3.63, 3.8) is 0 Å². The molecule has 0 radical (unpaired) electrons. The molecule has 0 spiro atoms. The topological polar surface area (TPSA) is 60.2 Å². The van der Waals surface area contributed by atoms with E-state index in [1.165, 1.54) is 0 Å². The van der Waals surface area contributed by atoms with Crippen LogP contribution in [0.15, 0.2) is 22.0 Å².